The van der Waals surface area contributed by atoms with E-state index in [4.69, 9.17) is 16.0 Å². The van der Waals surface area contributed by atoms with E-state index in [0.29, 0.717) is 28.8 Å². The van der Waals surface area contributed by atoms with Crippen LogP contribution in [-0.2, 0) is 16.0 Å². The quantitative estimate of drug-likeness (QED) is 0.628. The summed E-state index contributed by atoms with van der Waals surface area (Å²) in [5, 5.41) is 0.355. The van der Waals surface area contributed by atoms with Crippen molar-refractivity contribution in [3.05, 3.63) is 35.6 Å². The number of halogens is 1. The molecule has 0 N–H and O–H groups in total. The Morgan fingerprint density at radius 1 is 1.50 bits per heavy atom. The fraction of sp³-hybridized carbons (Fsp3) is 0.250. The second-order valence-corrected chi connectivity index (χ2v) is 3.89. The fourth-order valence-corrected chi connectivity index (χ4v) is 1.64. The van der Waals surface area contributed by atoms with Crippen LogP contribution in [-0.4, -0.2) is 23.0 Å². The maximum Gasteiger partial charge on any atom is 0.306 e. The van der Waals surface area contributed by atoms with Crippen molar-refractivity contribution in [3.63, 3.8) is 0 Å². The van der Waals surface area contributed by atoms with Crippen molar-refractivity contribution >= 4 is 17.6 Å². The molecule has 0 saturated carbocycles. The minimum absolute atomic E-state index is 0.233. The number of methoxy groups -OCH3 is 1. The predicted molar refractivity (Wildman–Crippen MR) is 65.1 cm³/mol. The molecular weight excluding hydrogens is 256 g/mol. The van der Waals surface area contributed by atoms with E-state index in [1.165, 1.54) is 7.11 Å². The Bertz CT molecular complexity index is 554. The van der Waals surface area contributed by atoms with E-state index in [2.05, 4.69) is 14.7 Å². The van der Waals surface area contributed by atoms with Crippen LogP contribution < -0.4 is 0 Å². The Hall–Kier alpha value is -1.88. The highest BCUT2D eigenvalue weighted by atomic mass is 35.5. The predicted octanol–water partition coefficient (Wildman–Crippen LogP) is 2.50. The zero-order valence-electron chi connectivity index (χ0n) is 9.72. The van der Waals surface area contributed by atoms with E-state index in [-0.39, 0.29) is 12.4 Å². The minimum Gasteiger partial charge on any atom is -0.469 e. The third-order valence-electron chi connectivity index (χ3n) is 2.35. The highest BCUT2D eigenvalue weighted by Crippen LogP contribution is 2.26. The summed E-state index contributed by atoms with van der Waals surface area (Å²) in [5.74, 6) is 0.706. The van der Waals surface area contributed by atoms with E-state index >= 15 is 0 Å². The number of pyridine rings is 1. The summed E-state index contributed by atoms with van der Waals surface area (Å²) >= 11 is 5.94. The number of aryl methyl sites for hydroxylation is 1. The van der Waals surface area contributed by atoms with Crippen LogP contribution in [0.5, 0.6) is 0 Å². The van der Waals surface area contributed by atoms with Crippen LogP contribution in [0.4, 0.5) is 0 Å². The van der Waals surface area contributed by atoms with Gasteiger partial charge in [-0.1, -0.05) is 11.6 Å². The Kier molecular flexibility index (Phi) is 3.94. The number of oxazole rings is 1. The Labute approximate surface area is 109 Å². The molecule has 2 heterocycles. The second kappa shape index (κ2) is 5.64. The van der Waals surface area contributed by atoms with Crippen molar-refractivity contribution in [1.82, 2.24) is 9.97 Å². The SMILES string of the molecule is COC(=O)CCc1ncc(-c2cccnc2Cl)o1. The first kappa shape index (κ1) is 12.6. The first-order chi connectivity index (χ1) is 8.70. The van der Waals surface area contributed by atoms with E-state index in [9.17, 15) is 4.79 Å². The largest absolute Gasteiger partial charge is 0.469 e. The molecule has 0 unspecified atom stereocenters. The number of carbonyl (C=O) groups excluding carboxylic acids is 1. The molecule has 6 heteroatoms. The van der Waals surface area contributed by atoms with E-state index in [1.54, 1.807) is 24.5 Å². The average molecular weight is 267 g/mol. The van der Waals surface area contributed by atoms with Crippen LogP contribution in [0.3, 0.4) is 0 Å². The van der Waals surface area contributed by atoms with Crippen molar-refractivity contribution < 1.29 is 13.9 Å². The van der Waals surface area contributed by atoms with E-state index in [0.717, 1.165) is 0 Å². The van der Waals surface area contributed by atoms with Crippen molar-refractivity contribution in [2.45, 2.75) is 12.8 Å². The van der Waals surface area contributed by atoms with Gasteiger partial charge in [-0.15, -0.1) is 0 Å². The molecular formula is C12H11ClN2O3. The number of esters is 1. The van der Waals surface area contributed by atoms with Crippen LogP contribution in [0.25, 0.3) is 11.3 Å². The highest BCUT2D eigenvalue weighted by molar-refractivity contribution is 6.31. The fourth-order valence-electron chi connectivity index (χ4n) is 1.43. The molecule has 94 valence electrons. The Morgan fingerprint density at radius 3 is 3.06 bits per heavy atom. The summed E-state index contributed by atoms with van der Waals surface area (Å²) in [6.45, 7) is 0. The zero-order valence-corrected chi connectivity index (χ0v) is 10.5. The van der Waals surface area contributed by atoms with E-state index < -0.39 is 0 Å². The molecule has 0 saturated heterocycles. The zero-order chi connectivity index (χ0) is 13.0. The Morgan fingerprint density at radius 2 is 2.33 bits per heavy atom. The number of ether oxygens (including phenoxy) is 1. The summed E-state index contributed by atoms with van der Waals surface area (Å²) in [5.41, 5.74) is 0.677. The molecule has 18 heavy (non-hydrogen) atoms. The molecule has 0 aliphatic rings. The topological polar surface area (TPSA) is 65.2 Å². The molecule has 0 aliphatic carbocycles. The maximum atomic E-state index is 11.0. The van der Waals surface area contributed by atoms with Crippen LogP contribution >= 0.6 is 11.6 Å². The lowest BCUT2D eigenvalue weighted by molar-refractivity contribution is -0.140. The van der Waals surface area contributed by atoms with Gasteiger partial charge in [0, 0.05) is 12.6 Å². The second-order valence-electron chi connectivity index (χ2n) is 3.54. The summed E-state index contributed by atoms with van der Waals surface area (Å²) in [6, 6.07) is 3.55. The lowest BCUT2D eigenvalue weighted by atomic mass is 10.2. The van der Waals surface area contributed by atoms with Gasteiger partial charge in [0.1, 0.15) is 5.15 Å². The summed E-state index contributed by atoms with van der Waals surface area (Å²) in [4.78, 5) is 19.0. The average Bonchev–Trinajstić information content (AvgIpc) is 2.85. The smallest absolute Gasteiger partial charge is 0.306 e. The molecule has 5 nitrogen and oxygen atoms in total. The lowest BCUT2D eigenvalue weighted by Gasteiger charge is -1.98. The van der Waals surface area contributed by atoms with Gasteiger partial charge in [0.15, 0.2) is 11.7 Å². The molecule has 0 spiro atoms. The number of hydrogen-bond donors (Lipinski definition) is 0. The molecule has 2 aromatic heterocycles. The van der Waals surface area contributed by atoms with E-state index in [1.807, 2.05) is 0 Å². The third-order valence-corrected chi connectivity index (χ3v) is 2.65. The number of hydrogen-bond acceptors (Lipinski definition) is 5. The monoisotopic (exact) mass is 266 g/mol. The van der Waals surface area contributed by atoms with Gasteiger partial charge in [0.2, 0.25) is 0 Å². The maximum absolute atomic E-state index is 11.0. The van der Waals surface area contributed by atoms with Crippen molar-refractivity contribution in [2.75, 3.05) is 7.11 Å². The van der Waals surface area contributed by atoms with Gasteiger partial charge >= 0.3 is 5.97 Å². The number of nitrogens with zero attached hydrogens (tertiary/aromatic N) is 2. The van der Waals surface area contributed by atoms with Gasteiger partial charge in [-0.2, -0.15) is 0 Å². The van der Waals surface area contributed by atoms with Crippen molar-refractivity contribution in [1.29, 1.82) is 0 Å². The van der Waals surface area contributed by atoms with Gasteiger partial charge in [0.25, 0.3) is 0 Å². The third kappa shape index (κ3) is 2.87. The molecule has 0 atom stereocenters. The van der Waals surface area contributed by atoms with Gasteiger partial charge in [-0.3, -0.25) is 4.79 Å². The molecule has 0 radical (unpaired) electrons. The molecule has 0 aliphatic heterocycles. The van der Waals surface area contributed by atoms with Crippen LogP contribution in [0.1, 0.15) is 12.3 Å². The molecule has 2 aromatic rings. The Balaban J connectivity index is 2.11. The lowest BCUT2D eigenvalue weighted by Crippen LogP contribution is -2.01. The van der Waals surface area contributed by atoms with Gasteiger partial charge in [0.05, 0.1) is 25.3 Å². The summed E-state index contributed by atoms with van der Waals surface area (Å²) in [6.07, 6.45) is 3.79. The van der Waals surface area contributed by atoms with Crippen LogP contribution in [0.15, 0.2) is 28.9 Å². The normalized spacial score (nSPS) is 10.3. The number of carbonyl (C=O) groups is 1. The van der Waals surface area contributed by atoms with Gasteiger partial charge in [-0.05, 0) is 12.1 Å². The molecule has 0 amide bonds. The first-order valence-corrected chi connectivity index (χ1v) is 5.71. The standard InChI is InChI=1S/C12H11ClN2O3/c1-17-11(16)5-4-10-15-7-9(18-10)8-3-2-6-14-12(8)13/h2-3,6-7H,4-5H2,1H3. The minimum atomic E-state index is -0.297. The molecule has 0 bridgehead atoms. The summed E-state index contributed by atoms with van der Waals surface area (Å²) < 4.78 is 10.0. The van der Waals surface area contributed by atoms with Crippen LogP contribution in [0, 0.1) is 0 Å². The first-order valence-electron chi connectivity index (χ1n) is 5.33. The summed E-state index contributed by atoms with van der Waals surface area (Å²) in [7, 11) is 1.35. The molecule has 0 aromatic carbocycles. The van der Waals surface area contributed by atoms with Gasteiger partial charge in [-0.25, -0.2) is 9.97 Å². The van der Waals surface area contributed by atoms with Crippen molar-refractivity contribution in [2.24, 2.45) is 0 Å². The highest BCUT2D eigenvalue weighted by Gasteiger charge is 2.11. The van der Waals surface area contributed by atoms with Gasteiger partial charge < -0.3 is 9.15 Å². The molecule has 0 fully saturated rings. The van der Waals surface area contributed by atoms with Crippen LogP contribution in [0.2, 0.25) is 5.15 Å². The number of rotatable bonds is 4. The van der Waals surface area contributed by atoms with Crippen molar-refractivity contribution in [3.8, 4) is 11.3 Å². The molecule has 2 rings (SSSR count). The number of aromatic nitrogens is 2.